The topological polar surface area (TPSA) is 95.9 Å². The predicted octanol–water partition coefficient (Wildman–Crippen LogP) is 14.5. The van der Waals surface area contributed by atoms with Crippen molar-refractivity contribution in [3.05, 3.63) is 60.8 Å². The number of hydrogen-bond acceptors (Lipinski definition) is 5. The molecule has 0 aliphatic heterocycles. The van der Waals surface area contributed by atoms with Gasteiger partial charge in [-0.05, 0) is 89.9 Å². The second-order valence-corrected chi connectivity index (χ2v) is 16.5. The second kappa shape index (κ2) is 45.6. The van der Waals surface area contributed by atoms with Gasteiger partial charge in [0.05, 0.1) is 25.2 Å². The van der Waals surface area contributed by atoms with E-state index in [1.54, 1.807) is 0 Å². The first-order chi connectivity index (χ1) is 28.5. The second-order valence-electron chi connectivity index (χ2n) is 16.5. The summed E-state index contributed by atoms with van der Waals surface area (Å²) < 4.78 is 5.90. The minimum Gasteiger partial charge on any atom is -0.462 e. The molecule has 0 aliphatic rings. The van der Waals surface area contributed by atoms with Gasteiger partial charge in [0.25, 0.3) is 0 Å². The quantitative estimate of drug-likeness (QED) is 0.0324. The Bertz CT molecular complexity index is 1050. The van der Waals surface area contributed by atoms with E-state index in [0.29, 0.717) is 19.3 Å². The van der Waals surface area contributed by atoms with Crippen LogP contribution in [0.4, 0.5) is 0 Å². The fourth-order valence-corrected chi connectivity index (χ4v) is 7.12. The zero-order valence-electron chi connectivity index (χ0n) is 38.2. The third-order valence-corrected chi connectivity index (χ3v) is 10.8. The lowest BCUT2D eigenvalue weighted by molar-refractivity contribution is -0.151. The highest BCUT2D eigenvalue weighted by molar-refractivity contribution is 5.77. The van der Waals surface area contributed by atoms with Gasteiger partial charge in [-0.2, -0.15) is 0 Å². The van der Waals surface area contributed by atoms with Crippen molar-refractivity contribution in [2.75, 3.05) is 6.61 Å². The van der Waals surface area contributed by atoms with Gasteiger partial charge >= 0.3 is 5.97 Å². The number of ether oxygens (including phenoxy) is 1. The molecule has 0 rings (SSSR count). The van der Waals surface area contributed by atoms with Crippen molar-refractivity contribution in [2.24, 2.45) is 0 Å². The van der Waals surface area contributed by atoms with E-state index in [0.717, 1.165) is 89.9 Å². The van der Waals surface area contributed by atoms with Gasteiger partial charge in [-0.25, -0.2) is 0 Å². The first kappa shape index (κ1) is 55.6. The summed E-state index contributed by atoms with van der Waals surface area (Å²) in [6.45, 7) is 6.32. The minimum absolute atomic E-state index is 0.0472. The van der Waals surface area contributed by atoms with E-state index in [9.17, 15) is 19.8 Å². The molecule has 0 spiro atoms. The maximum Gasteiger partial charge on any atom is 0.306 e. The van der Waals surface area contributed by atoms with Crippen LogP contribution in [0.15, 0.2) is 60.8 Å². The molecule has 0 aromatic carbocycles. The minimum atomic E-state index is -0.799. The largest absolute Gasteiger partial charge is 0.462 e. The van der Waals surface area contributed by atoms with Crippen molar-refractivity contribution in [1.29, 1.82) is 0 Å². The van der Waals surface area contributed by atoms with E-state index in [2.05, 4.69) is 86.8 Å². The van der Waals surface area contributed by atoms with Crippen LogP contribution < -0.4 is 5.32 Å². The van der Waals surface area contributed by atoms with Crippen molar-refractivity contribution in [1.82, 2.24) is 5.32 Å². The van der Waals surface area contributed by atoms with Gasteiger partial charge in [0.15, 0.2) is 0 Å². The van der Waals surface area contributed by atoms with Crippen LogP contribution in [0, 0.1) is 0 Å². The van der Waals surface area contributed by atoms with Gasteiger partial charge in [0, 0.05) is 6.42 Å². The third-order valence-electron chi connectivity index (χ3n) is 10.8. The van der Waals surface area contributed by atoms with E-state index < -0.39 is 18.2 Å². The van der Waals surface area contributed by atoms with Crippen molar-refractivity contribution in [2.45, 2.75) is 251 Å². The smallest absolute Gasteiger partial charge is 0.306 e. The van der Waals surface area contributed by atoms with Gasteiger partial charge in [-0.1, -0.05) is 191 Å². The van der Waals surface area contributed by atoms with E-state index in [1.165, 1.54) is 96.3 Å². The average molecular weight is 812 g/mol. The van der Waals surface area contributed by atoms with Crippen LogP contribution >= 0.6 is 0 Å². The summed E-state index contributed by atoms with van der Waals surface area (Å²) >= 11 is 0. The molecule has 3 unspecified atom stereocenters. The van der Waals surface area contributed by atoms with E-state index in [4.69, 9.17) is 4.74 Å². The number of aliphatic hydroxyl groups excluding tert-OH is 2. The standard InChI is InChI=1S/C52H93NO5/c1-4-7-10-13-16-19-22-24-26-27-29-31-34-37-40-43-48(58-52(57)45-42-39-36-33-30-28-25-23-20-17-14-11-8-5-2)46-51(56)53-49(47-54)50(55)44-41-38-35-32-21-18-15-12-9-6-3/h8,11,16-17,19-20,24,26,29,31,48-50,54-55H,4-7,9-10,12-15,18,21-23,25,27-28,30,32-47H2,1-3H3,(H,53,56)/b11-8+,19-16-,20-17+,26-24-,31-29-. The average Bonchev–Trinajstić information content (AvgIpc) is 3.22. The summed E-state index contributed by atoms with van der Waals surface area (Å²) in [5.74, 6) is -0.522. The number of carbonyl (C=O) groups excluding carboxylic acids is 2. The molecule has 0 aromatic rings. The van der Waals surface area contributed by atoms with Crippen LogP contribution in [0.5, 0.6) is 0 Å². The van der Waals surface area contributed by atoms with Crippen LogP contribution in [0.2, 0.25) is 0 Å². The third kappa shape index (κ3) is 40.3. The molecule has 0 heterocycles. The SMILES string of the molecule is CC/C=C/C/C=C/CCCCCCCCCC(=O)OC(CCCC/C=C\C/C=C\C/C=C\CCCCC)CC(=O)NC(CO)C(O)CCCCCCCCCCCC. The van der Waals surface area contributed by atoms with Gasteiger partial charge in [-0.15, -0.1) is 0 Å². The molecule has 1 amide bonds. The Morgan fingerprint density at radius 2 is 0.931 bits per heavy atom. The number of hydrogen-bond donors (Lipinski definition) is 3. The summed E-state index contributed by atoms with van der Waals surface area (Å²) in [4.78, 5) is 26.1. The fraction of sp³-hybridized carbons (Fsp3) is 0.769. The molecular weight excluding hydrogens is 719 g/mol. The van der Waals surface area contributed by atoms with Crippen LogP contribution in [-0.4, -0.2) is 46.9 Å². The Balaban J connectivity index is 4.68. The fourth-order valence-electron chi connectivity index (χ4n) is 7.12. The molecule has 6 nitrogen and oxygen atoms in total. The van der Waals surface area contributed by atoms with Gasteiger partial charge in [-0.3, -0.25) is 9.59 Å². The zero-order valence-corrected chi connectivity index (χ0v) is 38.2. The highest BCUT2D eigenvalue weighted by Crippen LogP contribution is 2.17. The molecule has 6 heteroatoms. The van der Waals surface area contributed by atoms with E-state index in [-0.39, 0.29) is 24.9 Å². The van der Waals surface area contributed by atoms with Crippen molar-refractivity contribution < 1.29 is 24.5 Å². The molecule has 3 N–H and O–H groups in total. The molecule has 336 valence electrons. The van der Waals surface area contributed by atoms with Crippen molar-refractivity contribution >= 4 is 11.9 Å². The summed E-state index contributed by atoms with van der Waals surface area (Å²) in [5, 5.41) is 23.7. The number of nitrogens with one attached hydrogen (secondary N) is 1. The Kier molecular flexibility index (Phi) is 43.7. The molecule has 0 bridgehead atoms. The number of carbonyl (C=O) groups is 2. The Labute approximate surface area is 358 Å². The predicted molar refractivity (Wildman–Crippen MR) is 250 cm³/mol. The molecule has 58 heavy (non-hydrogen) atoms. The summed E-state index contributed by atoms with van der Waals surface area (Å²) in [7, 11) is 0. The number of esters is 1. The molecule has 0 saturated carbocycles. The Morgan fingerprint density at radius 3 is 1.47 bits per heavy atom. The molecule has 0 saturated heterocycles. The maximum atomic E-state index is 13.2. The maximum absolute atomic E-state index is 13.2. The number of allylic oxidation sites excluding steroid dienone is 10. The lowest BCUT2D eigenvalue weighted by Gasteiger charge is -2.24. The normalized spacial score (nSPS) is 13.8. The first-order valence-corrected chi connectivity index (χ1v) is 24.5. The van der Waals surface area contributed by atoms with Gasteiger partial charge < -0.3 is 20.3 Å². The van der Waals surface area contributed by atoms with Crippen molar-refractivity contribution in [3.63, 3.8) is 0 Å². The Hall–Kier alpha value is -2.44. The number of aliphatic hydroxyl groups is 2. The van der Waals surface area contributed by atoms with Crippen LogP contribution in [0.25, 0.3) is 0 Å². The lowest BCUT2D eigenvalue weighted by atomic mass is 10.0. The van der Waals surface area contributed by atoms with Crippen LogP contribution in [0.1, 0.15) is 233 Å². The number of amides is 1. The number of rotatable bonds is 43. The van der Waals surface area contributed by atoms with Crippen LogP contribution in [0.3, 0.4) is 0 Å². The first-order valence-electron chi connectivity index (χ1n) is 24.5. The molecule has 0 aliphatic carbocycles. The Morgan fingerprint density at radius 1 is 0.517 bits per heavy atom. The number of unbranched alkanes of at least 4 members (excludes halogenated alkanes) is 21. The summed E-state index contributed by atoms with van der Waals surface area (Å²) in [5.41, 5.74) is 0. The summed E-state index contributed by atoms with van der Waals surface area (Å²) in [6, 6.07) is -0.715. The van der Waals surface area contributed by atoms with Crippen molar-refractivity contribution in [3.8, 4) is 0 Å². The van der Waals surface area contributed by atoms with Gasteiger partial charge in [0.2, 0.25) is 5.91 Å². The van der Waals surface area contributed by atoms with E-state index >= 15 is 0 Å². The zero-order chi connectivity index (χ0) is 42.4. The highest BCUT2D eigenvalue weighted by atomic mass is 16.5. The monoisotopic (exact) mass is 812 g/mol. The molecule has 0 radical (unpaired) electrons. The summed E-state index contributed by atoms with van der Waals surface area (Å²) in [6.07, 6.45) is 55.6. The lowest BCUT2D eigenvalue weighted by Crippen LogP contribution is -2.46. The highest BCUT2D eigenvalue weighted by Gasteiger charge is 2.24. The van der Waals surface area contributed by atoms with Gasteiger partial charge in [0.1, 0.15) is 6.10 Å². The van der Waals surface area contributed by atoms with Crippen LogP contribution in [-0.2, 0) is 14.3 Å². The molecule has 3 atom stereocenters. The van der Waals surface area contributed by atoms with E-state index in [1.807, 2.05) is 0 Å². The molecule has 0 aromatic heterocycles. The molecular formula is C52H93NO5. The molecule has 0 fully saturated rings.